The van der Waals surface area contributed by atoms with Gasteiger partial charge in [-0.3, -0.25) is 4.79 Å². The monoisotopic (exact) mass is 325 g/mol. The predicted octanol–water partition coefficient (Wildman–Crippen LogP) is 4.51. The van der Waals surface area contributed by atoms with Crippen LogP contribution < -0.4 is 10.1 Å². The van der Waals surface area contributed by atoms with E-state index in [2.05, 4.69) is 44.3 Å². The molecule has 24 heavy (non-hydrogen) atoms. The first-order chi connectivity index (χ1) is 11.5. The second-order valence-electron chi connectivity index (χ2n) is 6.22. The number of hydrogen-bond acceptors (Lipinski definition) is 2. The average molecular weight is 325 g/mol. The number of methoxy groups -OCH3 is 1. The van der Waals surface area contributed by atoms with Crippen molar-refractivity contribution < 1.29 is 9.53 Å². The smallest absolute Gasteiger partial charge is 0.220 e. The number of carbonyl (C=O) groups excluding carboxylic acids is 1. The van der Waals surface area contributed by atoms with Crippen molar-refractivity contribution >= 4 is 5.91 Å². The molecule has 2 rings (SSSR count). The van der Waals surface area contributed by atoms with E-state index in [-0.39, 0.29) is 11.9 Å². The second kappa shape index (κ2) is 8.53. The third-order valence-corrected chi connectivity index (χ3v) is 4.48. The Morgan fingerprint density at radius 2 is 1.79 bits per heavy atom. The summed E-state index contributed by atoms with van der Waals surface area (Å²) < 4.78 is 5.15. The fraction of sp³-hybridized carbons (Fsp3) is 0.381. The highest BCUT2D eigenvalue weighted by atomic mass is 16.5. The first-order valence-corrected chi connectivity index (χ1v) is 8.53. The van der Waals surface area contributed by atoms with Crippen molar-refractivity contribution in [2.75, 3.05) is 7.11 Å². The Kier molecular flexibility index (Phi) is 6.42. The minimum atomic E-state index is 0.0765. The largest absolute Gasteiger partial charge is 0.497 e. The van der Waals surface area contributed by atoms with Crippen LogP contribution in [0.1, 0.15) is 48.1 Å². The summed E-state index contributed by atoms with van der Waals surface area (Å²) in [6.07, 6.45) is 2.11. The molecular weight excluding hydrogens is 298 g/mol. The number of rotatable bonds is 7. The maximum absolute atomic E-state index is 12.3. The van der Waals surface area contributed by atoms with Crippen LogP contribution in [0.15, 0.2) is 42.5 Å². The molecule has 0 fully saturated rings. The molecule has 1 unspecified atom stereocenters. The van der Waals surface area contributed by atoms with Crippen molar-refractivity contribution in [2.24, 2.45) is 0 Å². The van der Waals surface area contributed by atoms with Crippen LogP contribution in [-0.2, 0) is 11.2 Å². The minimum Gasteiger partial charge on any atom is -0.497 e. The normalized spacial score (nSPS) is 11.8. The summed E-state index contributed by atoms with van der Waals surface area (Å²) in [6.45, 7) is 6.31. The van der Waals surface area contributed by atoms with Crippen molar-refractivity contribution in [2.45, 2.75) is 46.1 Å². The summed E-state index contributed by atoms with van der Waals surface area (Å²) in [7, 11) is 1.65. The SMILES string of the molecule is CCC(NC(=O)CCc1ccc(OC)cc1)c1ccc(C)c(C)c1. The Hall–Kier alpha value is -2.29. The van der Waals surface area contributed by atoms with Gasteiger partial charge in [-0.25, -0.2) is 0 Å². The van der Waals surface area contributed by atoms with E-state index in [4.69, 9.17) is 4.74 Å². The number of aryl methyl sites for hydroxylation is 3. The van der Waals surface area contributed by atoms with E-state index in [1.165, 1.54) is 16.7 Å². The lowest BCUT2D eigenvalue weighted by Crippen LogP contribution is -2.28. The lowest BCUT2D eigenvalue weighted by molar-refractivity contribution is -0.121. The molecule has 0 heterocycles. The average Bonchev–Trinajstić information content (AvgIpc) is 2.60. The highest BCUT2D eigenvalue weighted by molar-refractivity contribution is 5.76. The van der Waals surface area contributed by atoms with E-state index in [9.17, 15) is 4.79 Å². The van der Waals surface area contributed by atoms with Crippen LogP contribution in [0.25, 0.3) is 0 Å². The summed E-state index contributed by atoms with van der Waals surface area (Å²) in [5.41, 5.74) is 4.86. The van der Waals surface area contributed by atoms with E-state index < -0.39 is 0 Å². The summed E-state index contributed by atoms with van der Waals surface area (Å²) in [5.74, 6) is 0.930. The van der Waals surface area contributed by atoms with Crippen molar-refractivity contribution in [3.05, 3.63) is 64.7 Å². The van der Waals surface area contributed by atoms with E-state index >= 15 is 0 Å². The molecule has 0 spiro atoms. The van der Waals surface area contributed by atoms with E-state index in [1.54, 1.807) is 7.11 Å². The quantitative estimate of drug-likeness (QED) is 0.813. The molecule has 0 aliphatic rings. The van der Waals surface area contributed by atoms with Crippen molar-refractivity contribution in [3.63, 3.8) is 0 Å². The van der Waals surface area contributed by atoms with Gasteiger partial charge < -0.3 is 10.1 Å². The predicted molar refractivity (Wildman–Crippen MR) is 98.4 cm³/mol. The molecule has 1 N–H and O–H groups in total. The van der Waals surface area contributed by atoms with Crippen molar-refractivity contribution in [1.29, 1.82) is 0 Å². The number of carbonyl (C=O) groups is 1. The van der Waals surface area contributed by atoms with Gasteiger partial charge in [-0.2, -0.15) is 0 Å². The van der Waals surface area contributed by atoms with Gasteiger partial charge in [0.2, 0.25) is 5.91 Å². The van der Waals surface area contributed by atoms with Crippen molar-refractivity contribution in [1.82, 2.24) is 5.32 Å². The number of nitrogens with one attached hydrogen (secondary N) is 1. The molecule has 1 amide bonds. The Balaban J connectivity index is 1.92. The zero-order valence-corrected chi connectivity index (χ0v) is 15.1. The lowest BCUT2D eigenvalue weighted by Gasteiger charge is -2.18. The molecule has 0 saturated carbocycles. The van der Waals surface area contributed by atoms with E-state index in [0.29, 0.717) is 6.42 Å². The van der Waals surface area contributed by atoms with Crippen LogP contribution in [-0.4, -0.2) is 13.0 Å². The fourth-order valence-electron chi connectivity index (χ4n) is 2.72. The van der Waals surface area contributed by atoms with Crippen LogP contribution in [0.3, 0.4) is 0 Å². The number of ether oxygens (including phenoxy) is 1. The van der Waals surface area contributed by atoms with Gasteiger partial charge in [0, 0.05) is 6.42 Å². The third-order valence-electron chi connectivity index (χ3n) is 4.48. The van der Waals surface area contributed by atoms with E-state index in [1.807, 2.05) is 24.3 Å². The Bertz CT molecular complexity index is 677. The molecule has 2 aromatic carbocycles. The van der Waals surface area contributed by atoms with Gasteiger partial charge >= 0.3 is 0 Å². The molecule has 1 atom stereocenters. The first-order valence-electron chi connectivity index (χ1n) is 8.53. The van der Waals surface area contributed by atoms with E-state index in [0.717, 1.165) is 24.2 Å². The fourth-order valence-corrected chi connectivity index (χ4v) is 2.72. The third kappa shape index (κ3) is 4.85. The summed E-state index contributed by atoms with van der Waals surface area (Å²) in [6, 6.07) is 14.4. The first kappa shape index (κ1) is 18.1. The van der Waals surface area contributed by atoms with Gasteiger partial charge in [0.05, 0.1) is 13.2 Å². The molecule has 3 heteroatoms. The number of benzene rings is 2. The summed E-state index contributed by atoms with van der Waals surface area (Å²) >= 11 is 0. The number of amides is 1. The maximum Gasteiger partial charge on any atom is 0.220 e. The van der Waals surface area contributed by atoms with Gasteiger partial charge in [0.15, 0.2) is 0 Å². The molecule has 0 aromatic heterocycles. The molecule has 128 valence electrons. The Morgan fingerprint density at radius 3 is 2.38 bits per heavy atom. The van der Waals surface area contributed by atoms with Crippen LogP contribution in [0, 0.1) is 13.8 Å². The molecule has 0 aliphatic heterocycles. The summed E-state index contributed by atoms with van der Waals surface area (Å²) in [4.78, 5) is 12.3. The van der Waals surface area contributed by atoms with Crippen LogP contribution in [0.2, 0.25) is 0 Å². The Labute approximate surface area is 145 Å². The van der Waals surface area contributed by atoms with Gasteiger partial charge in [-0.15, -0.1) is 0 Å². The van der Waals surface area contributed by atoms with Crippen LogP contribution >= 0.6 is 0 Å². The molecule has 0 radical (unpaired) electrons. The maximum atomic E-state index is 12.3. The van der Waals surface area contributed by atoms with Crippen molar-refractivity contribution in [3.8, 4) is 5.75 Å². The van der Waals surface area contributed by atoms with Gasteiger partial charge in [0.25, 0.3) is 0 Å². The molecule has 0 aliphatic carbocycles. The van der Waals surface area contributed by atoms with Gasteiger partial charge in [0.1, 0.15) is 5.75 Å². The molecule has 0 bridgehead atoms. The van der Waals surface area contributed by atoms with Gasteiger partial charge in [-0.1, -0.05) is 37.3 Å². The lowest BCUT2D eigenvalue weighted by atomic mass is 9.99. The highest BCUT2D eigenvalue weighted by Crippen LogP contribution is 2.20. The topological polar surface area (TPSA) is 38.3 Å². The highest BCUT2D eigenvalue weighted by Gasteiger charge is 2.13. The van der Waals surface area contributed by atoms with Crippen LogP contribution in [0.5, 0.6) is 5.75 Å². The second-order valence-corrected chi connectivity index (χ2v) is 6.22. The zero-order chi connectivity index (χ0) is 17.5. The standard InChI is InChI=1S/C21H27NO2/c1-5-20(18-10-6-15(2)16(3)14-18)22-21(23)13-9-17-7-11-19(24-4)12-8-17/h6-8,10-12,14,20H,5,9,13H2,1-4H3,(H,22,23). The molecule has 3 nitrogen and oxygen atoms in total. The Morgan fingerprint density at radius 1 is 1.08 bits per heavy atom. The number of hydrogen-bond donors (Lipinski definition) is 1. The minimum absolute atomic E-state index is 0.0765. The molecule has 2 aromatic rings. The van der Waals surface area contributed by atoms with Crippen LogP contribution in [0.4, 0.5) is 0 Å². The van der Waals surface area contributed by atoms with Gasteiger partial charge in [-0.05, 0) is 61.1 Å². The zero-order valence-electron chi connectivity index (χ0n) is 15.1. The molecular formula is C21H27NO2. The molecule has 0 saturated heterocycles. The summed E-state index contributed by atoms with van der Waals surface area (Å²) in [5, 5.41) is 3.16.